The summed E-state index contributed by atoms with van der Waals surface area (Å²) in [7, 11) is 0. The zero-order chi connectivity index (χ0) is 11.8. The minimum absolute atomic E-state index is 0.369. The van der Waals surface area contributed by atoms with Gasteiger partial charge in [-0.3, -0.25) is 0 Å². The molecule has 0 saturated heterocycles. The second kappa shape index (κ2) is 4.34. The van der Waals surface area contributed by atoms with Crippen LogP contribution in [0.5, 0.6) is 0 Å². The molecule has 92 valence electrons. The van der Waals surface area contributed by atoms with E-state index in [2.05, 4.69) is 23.1 Å². The molecule has 2 aliphatic rings. The molecule has 2 saturated carbocycles. The summed E-state index contributed by atoms with van der Waals surface area (Å²) in [4.78, 5) is 2.54. The van der Waals surface area contributed by atoms with Gasteiger partial charge in [-0.25, -0.2) is 0 Å². The van der Waals surface area contributed by atoms with Crippen molar-refractivity contribution < 1.29 is 5.11 Å². The van der Waals surface area contributed by atoms with Crippen LogP contribution in [0.2, 0.25) is 0 Å². The Hall–Kier alpha value is -1.02. The smallest absolute Gasteiger partial charge is 0.0781 e. The number of aliphatic hydroxyl groups excluding tert-OH is 1. The predicted molar refractivity (Wildman–Crippen MR) is 70.2 cm³/mol. The second-order valence-electron chi connectivity index (χ2n) is 5.56. The molecule has 17 heavy (non-hydrogen) atoms. The highest BCUT2D eigenvalue weighted by atomic mass is 16.3. The van der Waals surface area contributed by atoms with Gasteiger partial charge >= 0.3 is 0 Å². The number of aliphatic hydroxyl groups is 1. The first-order chi connectivity index (χ1) is 8.25. The van der Waals surface area contributed by atoms with Crippen molar-refractivity contribution in [1.82, 2.24) is 0 Å². The fourth-order valence-corrected chi connectivity index (χ4v) is 2.51. The third-order valence-corrected chi connectivity index (χ3v) is 3.84. The lowest BCUT2D eigenvalue weighted by Gasteiger charge is -2.28. The van der Waals surface area contributed by atoms with Crippen molar-refractivity contribution in [2.45, 2.75) is 44.8 Å². The van der Waals surface area contributed by atoms with Gasteiger partial charge in [0.1, 0.15) is 0 Å². The van der Waals surface area contributed by atoms with E-state index in [1.54, 1.807) is 0 Å². The highest BCUT2D eigenvalue weighted by Crippen LogP contribution is 2.39. The van der Waals surface area contributed by atoms with E-state index in [1.807, 2.05) is 13.0 Å². The summed E-state index contributed by atoms with van der Waals surface area (Å²) in [5, 5.41) is 9.88. The van der Waals surface area contributed by atoms with Crippen LogP contribution in [0.3, 0.4) is 0 Å². The van der Waals surface area contributed by atoms with Crippen molar-refractivity contribution in [3.05, 3.63) is 29.8 Å². The zero-order valence-electron chi connectivity index (χ0n) is 10.5. The van der Waals surface area contributed by atoms with Crippen LogP contribution in [-0.4, -0.2) is 17.7 Å². The first-order valence-corrected chi connectivity index (χ1v) is 6.79. The van der Waals surface area contributed by atoms with Crippen molar-refractivity contribution in [1.29, 1.82) is 0 Å². The van der Waals surface area contributed by atoms with Crippen LogP contribution in [0.25, 0.3) is 0 Å². The first kappa shape index (κ1) is 11.1. The van der Waals surface area contributed by atoms with Crippen LogP contribution in [0.15, 0.2) is 24.3 Å². The first-order valence-electron chi connectivity index (χ1n) is 6.79. The summed E-state index contributed by atoms with van der Waals surface area (Å²) in [6.45, 7) is 3.05. The molecule has 1 N–H and O–H groups in total. The van der Waals surface area contributed by atoms with Gasteiger partial charge in [-0.1, -0.05) is 18.2 Å². The monoisotopic (exact) mass is 231 g/mol. The van der Waals surface area contributed by atoms with Gasteiger partial charge in [-0.05, 0) is 44.6 Å². The number of benzene rings is 1. The van der Waals surface area contributed by atoms with Crippen molar-refractivity contribution in [2.75, 3.05) is 11.4 Å². The molecule has 1 atom stereocenters. The van der Waals surface area contributed by atoms with Crippen LogP contribution >= 0.6 is 0 Å². The number of rotatable bonds is 5. The molecule has 0 spiro atoms. The molecule has 3 rings (SSSR count). The second-order valence-corrected chi connectivity index (χ2v) is 5.56. The Morgan fingerprint density at radius 2 is 1.94 bits per heavy atom. The topological polar surface area (TPSA) is 23.5 Å². The number of hydrogen-bond donors (Lipinski definition) is 1. The van der Waals surface area contributed by atoms with E-state index in [0.717, 1.165) is 17.5 Å². The summed E-state index contributed by atoms with van der Waals surface area (Å²) >= 11 is 0. The van der Waals surface area contributed by atoms with Gasteiger partial charge < -0.3 is 10.0 Å². The standard InChI is InChI=1S/C15H21NO/c1-11(17)14-4-2-3-5-15(14)16(13-8-9-13)10-12-6-7-12/h2-5,11-13,17H,6-10H2,1H3/t11-/m0/s1. The minimum Gasteiger partial charge on any atom is -0.389 e. The number of anilines is 1. The van der Waals surface area contributed by atoms with Gasteiger partial charge in [0.25, 0.3) is 0 Å². The van der Waals surface area contributed by atoms with Crippen LogP contribution in [0.1, 0.15) is 44.3 Å². The quantitative estimate of drug-likeness (QED) is 0.841. The van der Waals surface area contributed by atoms with E-state index in [4.69, 9.17) is 0 Å². The summed E-state index contributed by atoms with van der Waals surface area (Å²) in [6.07, 6.45) is 5.05. The van der Waals surface area contributed by atoms with Gasteiger partial charge in [-0.15, -0.1) is 0 Å². The van der Waals surface area contributed by atoms with Crippen LogP contribution < -0.4 is 4.90 Å². The molecule has 0 unspecified atom stereocenters. The maximum absolute atomic E-state index is 9.88. The third-order valence-electron chi connectivity index (χ3n) is 3.84. The van der Waals surface area contributed by atoms with Gasteiger partial charge in [0.05, 0.1) is 6.10 Å². The van der Waals surface area contributed by atoms with Crippen molar-refractivity contribution in [3.8, 4) is 0 Å². The molecule has 0 aromatic heterocycles. The lowest BCUT2D eigenvalue weighted by molar-refractivity contribution is 0.199. The Kier molecular flexibility index (Phi) is 2.83. The lowest BCUT2D eigenvalue weighted by Crippen LogP contribution is -2.29. The molecule has 2 nitrogen and oxygen atoms in total. The van der Waals surface area contributed by atoms with Crippen LogP contribution in [-0.2, 0) is 0 Å². The number of hydrogen-bond acceptors (Lipinski definition) is 2. The normalized spacial score (nSPS) is 21.3. The summed E-state index contributed by atoms with van der Waals surface area (Å²) in [5.41, 5.74) is 2.34. The Morgan fingerprint density at radius 3 is 2.53 bits per heavy atom. The van der Waals surface area contributed by atoms with E-state index in [9.17, 15) is 5.11 Å². The molecule has 0 amide bonds. The summed E-state index contributed by atoms with van der Waals surface area (Å²) in [5.74, 6) is 0.901. The fraction of sp³-hybridized carbons (Fsp3) is 0.600. The maximum Gasteiger partial charge on any atom is 0.0781 e. The molecule has 2 fully saturated rings. The van der Waals surface area contributed by atoms with E-state index in [-0.39, 0.29) is 6.10 Å². The molecule has 1 aromatic carbocycles. The van der Waals surface area contributed by atoms with E-state index < -0.39 is 0 Å². The average Bonchev–Trinajstić information content (AvgIpc) is 3.17. The third kappa shape index (κ3) is 2.47. The largest absolute Gasteiger partial charge is 0.389 e. The van der Waals surface area contributed by atoms with Gasteiger partial charge in [0.2, 0.25) is 0 Å². The zero-order valence-corrected chi connectivity index (χ0v) is 10.5. The number of para-hydroxylation sites is 1. The molecule has 0 aliphatic heterocycles. The highest BCUT2D eigenvalue weighted by molar-refractivity contribution is 5.56. The molecule has 0 bridgehead atoms. The summed E-state index contributed by atoms with van der Waals surface area (Å²) < 4.78 is 0. The SMILES string of the molecule is C[C@H](O)c1ccccc1N(CC1CC1)C1CC1. The van der Waals surface area contributed by atoms with Crippen molar-refractivity contribution in [3.63, 3.8) is 0 Å². The molecular weight excluding hydrogens is 210 g/mol. The Balaban J connectivity index is 1.87. The van der Waals surface area contributed by atoms with E-state index in [1.165, 1.54) is 37.9 Å². The van der Waals surface area contributed by atoms with Crippen LogP contribution in [0, 0.1) is 5.92 Å². The van der Waals surface area contributed by atoms with Crippen molar-refractivity contribution >= 4 is 5.69 Å². The fourth-order valence-electron chi connectivity index (χ4n) is 2.51. The molecule has 2 aliphatic carbocycles. The molecular formula is C15H21NO. The Bertz CT molecular complexity index is 394. The van der Waals surface area contributed by atoms with Gasteiger partial charge in [0.15, 0.2) is 0 Å². The van der Waals surface area contributed by atoms with Gasteiger partial charge in [-0.2, -0.15) is 0 Å². The maximum atomic E-state index is 9.88. The lowest BCUT2D eigenvalue weighted by atomic mass is 10.1. The molecule has 2 heteroatoms. The van der Waals surface area contributed by atoms with Gasteiger partial charge in [0, 0.05) is 23.8 Å². The molecule has 0 radical (unpaired) electrons. The Morgan fingerprint density at radius 1 is 1.24 bits per heavy atom. The van der Waals surface area contributed by atoms with Crippen LogP contribution in [0.4, 0.5) is 5.69 Å². The van der Waals surface area contributed by atoms with E-state index >= 15 is 0 Å². The molecule has 1 aromatic rings. The van der Waals surface area contributed by atoms with E-state index in [0.29, 0.717) is 0 Å². The Labute approximate surface area is 103 Å². The average molecular weight is 231 g/mol. The summed E-state index contributed by atoms with van der Waals surface area (Å²) in [6, 6.07) is 9.07. The number of nitrogens with zero attached hydrogens (tertiary/aromatic N) is 1. The van der Waals surface area contributed by atoms with Crippen molar-refractivity contribution in [2.24, 2.45) is 5.92 Å². The molecule has 0 heterocycles. The highest BCUT2D eigenvalue weighted by Gasteiger charge is 2.34. The predicted octanol–water partition coefficient (Wildman–Crippen LogP) is 3.12. The minimum atomic E-state index is -0.369.